The molecule has 0 bridgehead atoms. The number of methoxy groups -OCH3 is 1. The first-order valence-electron chi connectivity index (χ1n) is 11.5. The molecule has 0 unspecified atom stereocenters. The van der Waals surface area contributed by atoms with Gasteiger partial charge in [0.1, 0.15) is 23.4 Å². The van der Waals surface area contributed by atoms with Crippen molar-refractivity contribution in [3.63, 3.8) is 0 Å². The third-order valence-electron chi connectivity index (χ3n) is 6.17. The van der Waals surface area contributed by atoms with E-state index in [1.165, 1.54) is 11.1 Å². The lowest BCUT2D eigenvalue weighted by molar-refractivity contribution is -0.119. The van der Waals surface area contributed by atoms with Crippen molar-refractivity contribution in [3.05, 3.63) is 35.2 Å². The molecule has 11 heteroatoms. The molecule has 1 atom stereocenters. The van der Waals surface area contributed by atoms with Gasteiger partial charge in [-0.25, -0.2) is 14.8 Å². The van der Waals surface area contributed by atoms with E-state index in [1.54, 1.807) is 24.1 Å². The molecule has 35 heavy (non-hydrogen) atoms. The summed E-state index contributed by atoms with van der Waals surface area (Å²) >= 11 is 0. The van der Waals surface area contributed by atoms with Crippen LogP contribution in [0.2, 0.25) is 0 Å². The normalized spacial score (nSPS) is 17.1. The molecule has 0 saturated carbocycles. The fourth-order valence-corrected chi connectivity index (χ4v) is 4.28. The monoisotopic (exact) mass is 477 g/mol. The zero-order valence-electron chi connectivity index (χ0n) is 19.7. The average molecular weight is 478 g/mol. The van der Waals surface area contributed by atoms with Crippen molar-refractivity contribution in [2.75, 3.05) is 53.8 Å². The van der Waals surface area contributed by atoms with Gasteiger partial charge in [0, 0.05) is 44.9 Å². The summed E-state index contributed by atoms with van der Waals surface area (Å²) in [6.07, 6.45) is 4.12. The fraction of sp³-hybridized carbons (Fsp3) is 0.417. The summed E-state index contributed by atoms with van der Waals surface area (Å²) in [6.45, 7) is 3.76. The van der Waals surface area contributed by atoms with Crippen LogP contribution in [0.5, 0.6) is 0 Å². The summed E-state index contributed by atoms with van der Waals surface area (Å²) in [7, 11) is 1.58. The smallest absolute Gasteiger partial charge is 0.328 e. The zero-order chi connectivity index (χ0) is 24.9. The molecule has 1 fully saturated rings. The first kappa shape index (κ1) is 24.1. The molecule has 4 rings (SSSR count). The van der Waals surface area contributed by atoms with Crippen LogP contribution in [-0.4, -0.2) is 61.5 Å². The van der Waals surface area contributed by atoms with Gasteiger partial charge in [0.25, 0.3) is 0 Å². The van der Waals surface area contributed by atoms with E-state index in [2.05, 4.69) is 26.7 Å². The number of aldehydes is 1. The second-order valence-corrected chi connectivity index (χ2v) is 8.50. The number of urea groups is 1. The number of ether oxygens (including phenoxy) is 1. The molecule has 2 aliphatic heterocycles. The number of pyridine rings is 2. The van der Waals surface area contributed by atoms with Crippen molar-refractivity contribution >= 4 is 41.2 Å². The second kappa shape index (κ2) is 10.5. The van der Waals surface area contributed by atoms with E-state index < -0.39 is 6.03 Å². The quantitative estimate of drug-likeness (QED) is 0.458. The molecule has 2 N–H and O–H groups in total. The highest BCUT2D eigenvalue weighted by molar-refractivity contribution is 6.04. The second-order valence-electron chi connectivity index (χ2n) is 8.50. The Kier molecular flexibility index (Phi) is 7.22. The highest BCUT2D eigenvalue weighted by Crippen LogP contribution is 2.34. The minimum absolute atomic E-state index is 0.0259. The number of nitriles is 1. The molecular formula is C24H27N7O4. The summed E-state index contributed by atoms with van der Waals surface area (Å²) in [5, 5.41) is 15.2. The number of hydrogen-bond acceptors (Lipinski definition) is 8. The van der Waals surface area contributed by atoms with Crippen molar-refractivity contribution in [1.82, 2.24) is 9.97 Å². The zero-order valence-corrected chi connectivity index (χ0v) is 19.7. The van der Waals surface area contributed by atoms with Crippen LogP contribution < -0.4 is 20.4 Å². The number of hydrogen-bond donors (Lipinski definition) is 2. The number of anilines is 4. The van der Waals surface area contributed by atoms with Crippen LogP contribution in [0.1, 0.15) is 41.4 Å². The summed E-state index contributed by atoms with van der Waals surface area (Å²) < 4.78 is 5.02. The SMILES string of the molecule is COCCNc1cc(NC(=O)N2CCCc3cc(N4CC[C@@H](C)C4=O)c(C=O)nc32)ncc1C#N. The van der Waals surface area contributed by atoms with Gasteiger partial charge in [-0.15, -0.1) is 0 Å². The van der Waals surface area contributed by atoms with Gasteiger partial charge in [-0.05, 0) is 30.9 Å². The number of nitrogens with one attached hydrogen (secondary N) is 2. The number of fused-ring (bicyclic) bond motifs is 1. The van der Waals surface area contributed by atoms with Gasteiger partial charge in [0.05, 0.1) is 23.5 Å². The Hall–Kier alpha value is -4.04. The fourth-order valence-electron chi connectivity index (χ4n) is 4.28. The third-order valence-corrected chi connectivity index (χ3v) is 6.17. The number of aryl methyl sites for hydroxylation is 1. The Morgan fingerprint density at radius 2 is 2.20 bits per heavy atom. The van der Waals surface area contributed by atoms with Crippen molar-refractivity contribution in [1.29, 1.82) is 5.26 Å². The number of carbonyl (C=O) groups is 3. The molecule has 3 amide bonds. The van der Waals surface area contributed by atoms with E-state index in [0.29, 0.717) is 68.1 Å². The van der Waals surface area contributed by atoms with E-state index in [1.807, 2.05) is 6.92 Å². The van der Waals surface area contributed by atoms with E-state index >= 15 is 0 Å². The number of aromatic nitrogens is 2. The number of amides is 3. The summed E-state index contributed by atoms with van der Waals surface area (Å²) in [6, 6.07) is 5.01. The Bertz CT molecular complexity index is 1190. The predicted molar refractivity (Wildman–Crippen MR) is 130 cm³/mol. The van der Waals surface area contributed by atoms with Crippen LogP contribution in [0.15, 0.2) is 18.3 Å². The molecular weight excluding hydrogens is 450 g/mol. The maximum atomic E-state index is 13.2. The summed E-state index contributed by atoms with van der Waals surface area (Å²) in [4.78, 5) is 49.3. The van der Waals surface area contributed by atoms with E-state index in [4.69, 9.17) is 4.74 Å². The van der Waals surface area contributed by atoms with Gasteiger partial charge in [0.2, 0.25) is 5.91 Å². The number of carbonyl (C=O) groups excluding carboxylic acids is 3. The molecule has 1 saturated heterocycles. The Morgan fingerprint density at radius 3 is 2.89 bits per heavy atom. The Labute approximate surface area is 203 Å². The highest BCUT2D eigenvalue weighted by Gasteiger charge is 2.33. The molecule has 0 aliphatic carbocycles. The minimum atomic E-state index is -0.450. The Morgan fingerprint density at radius 1 is 1.37 bits per heavy atom. The Balaban J connectivity index is 1.58. The minimum Gasteiger partial charge on any atom is -0.383 e. The molecule has 4 heterocycles. The molecule has 2 aliphatic rings. The molecule has 182 valence electrons. The molecule has 0 aromatic carbocycles. The van der Waals surface area contributed by atoms with Crippen LogP contribution in [0.25, 0.3) is 0 Å². The number of rotatable bonds is 7. The van der Waals surface area contributed by atoms with Crippen molar-refractivity contribution in [2.45, 2.75) is 26.2 Å². The van der Waals surface area contributed by atoms with Crippen LogP contribution in [0.3, 0.4) is 0 Å². The maximum Gasteiger partial charge on any atom is 0.328 e. The van der Waals surface area contributed by atoms with Crippen molar-refractivity contribution in [3.8, 4) is 6.07 Å². The van der Waals surface area contributed by atoms with Crippen LogP contribution >= 0.6 is 0 Å². The largest absolute Gasteiger partial charge is 0.383 e. The van der Waals surface area contributed by atoms with Crippen LogP contribution in [-0.2, 0) is 16.0 Å². The summed E-state index contributed by atoms with van der Waals surface area (Å²) in [5.74, 6) is 0.542. The van der Waals surface area contributed by atoms with Gasteiger partial charge in [0.15, 0.2) is 6.29 Å². The van der Waals surface area contributed by atoms with Gasteiger partial charge in [-0.1, -0.05) is 6.92 Å². The molecule has 2 aromatic rings. The van der Waals surface area contributed by atoms with Crippen LogP contribution in [0, 0.1) is 17.2 Å². The van der Waals surface area contributed by atoms with E-state index in [9.17, 15) is 19.6 Å². The predicted octanol–water partition coefficient (Wildman–Crippen LogP) is 2.58. The first-order valence-corrected chi connectivity index (χ1v) is 11.5. The average Bonchev–Trinajstić information content (AvgIpc) is 3.20. The van der Waals surface area contributed by atoms with Crippen molar-refractivity contribution < 1.29 is 19.1 Å². The van der Waals surface area contributed by atoms with Gasteiger partial charge in [-0.2, -0.15) is 5.26 Å². The lowest BCUT2D eigenvalue weighted by Crippen LogP contribution is -2.40. The molecule has 2 aromatic heterocycles. The maximum absolute atomic E-state index is 13.2. The first-order chi connectivity index (χ1) is 17.0. The van der Waals surface area contributed by atoms with E-state index in [0.717, 1.165) is 12.0 Å². The molecule has 11 nitrogen and oxygen atoms in total. The molecule has 0 spiro atoms. The topological polar surface area (TPSA) is 141 Å². The van der Waals surface area contributed by atoms with Crippen molar-refractivity contribution in [2.24, 2.45) is 5.92 Å². The van der Waals surface area contributed by atoms with E-state index in [-0.39, 0.29) is 23.3 Å². The van der Waals surface area contributed by atoms with Crippen LogP contribution in [0.4, 0.5) is 27.8 Å². The van der Waals surface area contributed by atoms with Gasteiger partial charge >= 0.3 is 6.03 Å². The molecule has 0 radical (unpaired) electrons. The van der Waals surface area contributed by atoms with Gasteiger partial charge in [-0.3, -0.25) is 19.8 Å². The highest BCUT2D eigenvalue weighted by atomic mass is 16.5. The lowest BCUT2D eigenvalue weighted by atomic mass is 10.0. The van der Waals surface area contributed by atoms with Gasteiger partial charge < -0.3 is 15.0 Å². The lowest BCUT2D eigenvalue weighted by Gasteiger charge is -2.30. The standard InChI is InChI=1S/C24H27N7O4/c1-15-5-8-30(23(15)33)20-10-16-4-3-7-31(22(16)28-19(20)14-32)24(34)29-21-11-18(26-6-9-35-2)17(12-25)13-27-21/h10-11,13-15H,3-9H2,1-2H3,(H2,26,27,29,34)/t15-/m1/s1. The summed E-state index contributed by atoms with van der Waals surface area (Å²) in [5.41, 5.74) is 2.31. The number of nitrogens with zero attached hydrogens (tertiary/aromatic N) is 5. The third kappa shape index (κ3) is 4.93.